The summed E-state index contributed by atoms with van der Waals surface area (Å²) < 4.78 is 0. The molecule has 2 aromatic rings. The largest absolute Gasteiger partial charge is 0.480 e. The fourth-order valence-corrected chi connectivity index (χ4v) is 4.09. The molecule has 1 saturated heterocycles. The van der Waals surface area contributed by atoms with Crippen molar-refractivity contribution in [3.63, 3.8) is 0 Å². The van der Waals surface area contributed by atoms with Crippen LogP contribution in [0.2, 0.25) is 5.02 Å². The van der Waals surface area contributed by atoms with Crippen LogP contribution in [0.3, 0.4) is 0 Å². The maximum absolute atomic E-state index is 11.9. The van der Waals surface area contributed by atoms with Crippen molar-refractivity contribution in [3.05, 3.63) is 69.7 Å². The van der Waals surface area contributed by atoms with Crippen LogP contribution in [0, 0.1) is 13.8 Å². The normalized spacial score (nSPS) is 19.6. The molecule has 3 rings (SSSR count). The van der Waals surface area contributed by atoms with Gasteiger partial charge < -0.3 is 5.11 Å². The molecule has 0 radical (unpaired) electrons. The zero-order chi connectivity index (χ0) is 18.0. The summed E-state index contributed by atoms with van der Waals surface area (Å²) in [5.41, 5.74) is 4.59. The predicted molar refractivity (Wildman–Crippen MR) is 101 cm³/mol. The minimum atomic E-state index is -0.739. The molecule has 0 saturated carbocycles. The lowest BCUT2D eigenvalue weighted by Crippen LogP contribution is -2.47. The van der Waals surface area contributed by atoms with Crippen LogP contribution in [-0.2, 0) is 4.79 Å². The molecule has 0 spiro atoms. The van der Waals surface area contributed by atoms with Gasteiger partial charge in [0.15, 0.2) is 0 Å². The van der Waals surface area contributed by atoms with Crippen molar-refractivity contribution in [2.24, 2.45) is 0 Å². The molecule has 25 heavy (non-hydrogen) atoms. The number of rotatable bonds is 4. The Bertz CT molecular complexity index is 774. The third-order valence-corrected chi connectivity index (χ3v) is 5.28. The van der Waals surface area contributed by atoms with Crippen molar-refractivity contribution in [3.8, 4) is 0 Å². The van der Waals surface area contributed by atoms with Crippen molar-refractivity contribution in [1.29, 1.82) is 0 Å². The van der Waals surface area contributed by atoms with Crippen molar-refractivity contribution < 1.29 is 9.90 Å². The van der Waals surface area contributed by atoms with Gasteiger partial charge in [-0.25, -0.2) is 0 Å². The number of aliphatic carboxylic acids is 1. The van der Waals surface area contributed by atoms with E-state index < -0.39 is 12.0 Å². The SMILES string of the molecule is Cc1ccc(C(c2cccc(Cl)c2)N2CCCCC2C(=O)O)c(C)c1. The van der Waals surface area contributed by atoms with E-state index in [9.17, 15) is 9.90 Å². The number of carboxylic acid groups (broad SMARTS) is 1. The van der Waals surface area contributed by atoms with E-state index in [1.54, 1.807) is 0 Å². The van der Waals surface area contributed by atoms with Crippen molar-refractivity contribution in [1.82, 2.24) is 4.90 Å². The van der Waals surface area contributed by atoms with E-state index in [4.69, 9.17) is 11.6 Å². The van der Waals surface area contributed by atoms with Crippen LogP contribution in [0.4, 0.5) is 0 Å². The molecule has 132 valence electrons. The summed E-state index contributed by atoms with van der Waals surface area (Å²) in [5.74, 6) is -0.739. The molecular weight excluding hydrogens is 334 g/mol. The number of piperidine rings is 1. The second kappa shape index (κ2) is 7.59. The van der Waals surface area contributed by atoms with Gasteiger partial charge in [0.2, 0.25) is 0 Å². The van der Waals surface area contributed by atoms with Gasteiger partial charge in [0.1, 0.15) is 6.04 Å². The summed E-state index contributed by atoms with van der Waals surface area (Å²) in [7, 11) is 0. The zero-order valence-corrected chi connectivity index (χ0v) is 15.5. The molecule has 0 aliphatic carbocycles. The van der Waals surface area contributed by atoms with Gasteiger partial charge >= 0.3 is 5.97 Å². The molecule has 2 aromatic carbocycles. The van der Waals surface area contributed by atoms with Crippen LogP contribution in [0.15, 0.2) is 42.5 Å². The van der Waals surface area contributed by atoms with Crippen LogP contribution < -0.4 is 0 Å². The predicted octanol–water partition coefficient (Wildman–Crippen LogP) is 4.99. The number of hydrogen-bond acceptors (Lipinski definition) is 2. The monoisotopic (exact) mass is 357 g/mol. The lowest BCUT2D eigenvalue weighted by atomic mass is 9.89. The summed E-state index contributed by atoms with van der Waals surface area (Å²) in [6.45, 7) is 4.95. The van der Waals surface area contributed by atoms with Gasteiger partial charge in [0.05, 0.1) is 6.04 Å². The summed E-state index contributed by atoms with van der Waals surface area (Å²) in [6, 6.07) is 13.6. The van der Waals surface area contributed by atoms with Crippen molar-refractivity contribution >= 4 is 17.6 Å². The fourth-order valence-electron chi connectivity index (χ4n) is 3.89. The van der Waals surface area contributed by atoms with Gasteiger partial charge in [-0.3, -0.25) is 9.69 Å². The Morgan fingerprint density at radius 1 is 1.20 bits per heavy atom. The maximum Gasteiger partial charge on any atom is 0.320 e. The van der Waals surface area contributed by atoms with Gasteiger partial charge in [-0.15, -0.1) is 0 Å². The summed E-state index contributed by atoms with van der Waals surface area (Å²) in [5, 5.41) is 10.4. The van der Waals surface area contributed by atoms with E-state index in [0.29, 0.717) is 11.4 Å². The second-order valence-corrected chi connectivity index (χ2v) is 7.34. The molecule has 1 fully saturated rings. The maximum atomic E-state index is 11.9. The lowest BCUT2D eigenvalue weighted by molar-refractivity contribution is -0.145. The highest BCUT2D eigenvalue weighted by molar-refractivity contribution is 6.30. The first-order valence-electron chi connectivity index (χ1n) is 8.78. The third kappa shape index (κ3) is 3.88. The van der Waals surface area contributed by atoms with Crippen LogP contribution in [0.5, 0.6) is 0 Å². The van der Waals surface area contributed by atoms with E-state index in [2.05, 4.69) is 36.9 Å². The highest BCUT2D eigenvalue weighted by atomic mass is 35.5. The molecule has 0 amide bonds. The third-order valence-electron chi connectivity index (χ3n) is 5.05. The van der Waals surface area contributed by atoms with Crippen molar-refractivity contribution in [2.45, 2.75) is 45.2 Å². The minimum Gasteiger partial charge on any atom is -0.480 e. The quantitative estimate of drug-likeness (QED) is 0.838. The fraction of sp³-hybridized carbons (Fsp3) is 0.381. The van der Waals surface area contributed by atoms with Crippen LogP contribution in [-0.4, -0.2) is 28.6 Å². The summed E-state index contributed by atoms with van der Waals surface area (Å²) in [6.07, 6.45) is 2.67. The number of carboxylic acids is 1. The molecule has 3 nitrogen and oxygen atoms in total. The number of nitrogens with zero attached hydrogens (tertiary/aromatic N) is 1. The Kier molecular flexibility index (Phi) is 5.45. The first-order chi connectivity index (χ1) is 12.0. The Morgan fingerprint density at radius 2 is 2.00 bits per heavy atom. The van der Waals surface area contributed by atoms with E-state index in [1.807, 2.05) is 24.3 Å². The second-order valence-electron chi connectivity index (χ2n) is 6.91. The highest BCUT2D eigenvalue weighted by Gasteiger charge is 2.35. The molecule has 2 unspecified atom stereocenters. The molecule has 1 N–H and O–H groups in total. The number of benzene rings is 2. The van der Waals surface area contributed by atoms with E-state index >= 15 is 0 Å². The average Bonchev–Trinajstić information content (AvgIpc) is 2.57. The van der Waals surface area contributed by atoms with Crippen LogP contribution in [0.25, 0.3) is 0 Å². The first-order valence-corrected chi connectivity index (χ1v) is 9.16. The number of likely N-dealkylation sites (tertiary alicyclic amines) is 1. The molecule has 1 heterocycles. The van der Waals surface area contributed by atoms with E-state index in [-0.39, 0.29) is 6.04 Å². The Balaban J connectivity index is 2.12. The number of carbonyl (C=O) groups is 1. The van der Waals surface area contributed by atoms with Gasteiger partial charge in [0.25, 0.3) is 0 Å². The summed E-state index contributed by atoms with van der Waals surface area (Å²) >= 11 is 6.24. The molecule has 1 aliphatic heterocycles. The summed E-state index contributed by atoms with van der Waals surface area (Å²) in [4.78, 5) is 14.0. The Labute approximate surface area is 154 Å². The first kappa shape index (κ1) is 18.0. The number of aryl methyl sites for hydroxylation is 2. The number of hydrogen-bond donors (Lipinski definition) is 1. The van der Waals surface area contributed by atoms with Gasteiger partial charge in [-0.05, 0) is 62.1 Å². The topological polar surface area (TPSA) is 40.5 Å². The smallest absolute Gasteiger partial charge is 0.320 e. The molecular formula is C21H24ClNO2. The average molecular weight is 358 g/mol. The van der Waals surface area contributed by atoms with Crippen LogP contribution >= 0.6 is 11.6 Å². The van der Waals surface area contributed by atoms with Gasteiger partial charge in [-0.2, -0.15) is 0 Å². The van der Waals surface area contributed by atoms with Crippen LogP contribution in [0.1, 0.15) is 47.6 Å². The van der Waals surface area contributed by atoms with Crippen molar-refractivity contribution in [2.75, 3.05) is 6.54 Å². The van der Waals surface area contributed by atoms with Gasteiger partial charge in [-0.1, -0.05) is 53.9 Å². The Hall–Kier alpha value is -1.84. The standard InChI is InChI=1S/C21H24ClNO2/c1-14-9-10-18(15(2)12-14)20(16-6-5-7-17(22)13-16)23-11-4-3-8-19(23)21(24)25/h5-7,9-10,12-13,19-20H,3-4,8,11H2,1-2H3,(H,24,25). The van der Waals surface area contributed by atoms with E-state index in [0.717, 1.165) is 30.5 Å². The van der Waals surface area contributed by atoms with E-state index in [1.165, 1.54) is 11.1 Å². The molecule has 0 bridgehead atoms. The Morgan fingerprint density at radius 3 is 2.68 bits per heavy atom. The molecule has 2 atom stereocenters. The van der Waals surface area contributed by atoms with Gasteiger partial charge in [0, 0.05) is 5.02 Å². The molecule has 1 aliphatic rings. The lowest BCUT2D eigenvalue weighted by Gasteiger charge is -2.40. The highest BCUT2D eigenvalue weighted by Crippen LogP contribution is 2.36. The molecule has 0 aromatic heterocycles. The zero-order valence-electron chi connectivity index (χ0n) is 14.7. The minimum absolute atomic E-state index is 0.0966. The number of halogens is 1. The molecule has 4 heteroatoms.